The fraction of sp³-hybridized carbons (Fsp3) is 0.348. The fourth-order valence-corrected chi connectivity index (χ4v) is 4.47. The second kappa shape index (κ2) is 9.16. The maximum Gasteiger partial charge on any atom is 0.251 e. The number of benzene rings is 2. The molecule has 0 atom stereocenters. The summed E-state index contributed by atoms with van der Waals surface area (Å²) in [4.78, 5) is 24.0. The van der Waals surface area contributed by atoms with Crippen LogP contribution in [0.5, 0.6) is 0 Å². The predicted octanol–water partition coefficient (Wildman–Crippen LogP) is 4.45. The first kappa shape index (κ1) is 20.8. The van der Waals surface area contributed by atoms with Gasteiger partial charge in [0.1, 0.15) is 5.82 Å². The van der Waals surface area contributed by atoms with Gasteiger partial charge in [0.25, 0.3) is 5.91 Å². The third-order valence-electron chi connectivity index (χ3n) is 5.49. The molecular formula is C23H26IN5O. The van der Waals surface area contributed by atoms with Crippen LogP contribution in [0.1, 0.15) is 36.0 Å². The largest absolute Gasteiger partial charge is 0.362 e. The van der Waals surface area contributed by atoms with E-state index < -0.39 is 0 Å². The number of para-hydroxylation sites is 1. The van der Waals surface area contributed by atoms with E-state index in [1.165, 1.54) is 0 Å². The third kappa shape index (κ3) is 4.83. The standard InChI is InChI=1S/C23H26IN5O/c1-29(2)21-19-8-3-4-9-20(19)27-23(28-21)26-18-12-10-17(11-13-18)25-22(30)15-6-5-7-16(24)14-15/h3-9,14,17-18H,10-13H2,1-2H3,(H,25,30)(H,26,27,28). The van der Waals surface area contributed by atoms with Gasteiger partial charge in [0.2, 0.25) is 5.95 Å². The second-order valence-electron chi connectivity index (χ2n) is 7.96. The third-order valence-corrected chi connectivity index (χ3v) is 6.16. The van der Waals surface area contributed by atoms with Crippen LogP contribution >= 0.6 is 22.6 Å². The highest BCUT2D eigenvalue weighted by atomic mass is 127. The minimum Gasteiger partial charge on any atom is -0.362 e. The van der Waals surface area contributed by atoms with Gasteiger partial charge < -0.3 is 15.5 Å². The molecule has 1 saturated carbocycles. The molecule has 1 heterocycles. The van der Waals surface area contributed by atoms with Crippen LogP contribution in [0.4, 0.5) is 11.8 Å². The average molecular weight is 515 g/mol. The van der Waals surface area contributed by atoms with Crippen LogP contribution in [-0.2, 0) is 0 Å². The fourth-order valence-electron chi connectivity index (χ4n) is 3.93. The summed E-state index contributed by atoms with van der Waals surface area (Å²) < 4.78 is 1.07. The number of anilines is 2. The molecule has 1 aliphatic rings. The molecule has 4 rings (SSSR count). The van der Waals surface area contributed by atoms with E-state index in [4.69, 9.17) is 9.97 Å². The highest BCUT2D eigenvalue weighted by Gasteiger charge is 2.24. The Labute approximate surface area is 190 Å². The molecule has 0 radical (unpaired) electrons. The first-order chi connectivity index (χ1) is 14.5. The van der Waals surface area contributed by atoms with Gasteiger partial charge in [-0.3, -0.25) is 4.79 Å². The molecule has 1 fully saturated rings. The second-order valence-corrected chi connectivity index (χ2v) is 9.20. The average Bonchev–Trinajstić information content (AvgIpc) is 2.74. The number of carbonyl (C=O) groups is 1. The first-order valence-corrected chi connectivity index (χ1v) is 11.3. The van der Waals surface area contributed by atoms with E-state index in [9.17, 15) is 4.79 Å². The molecule has 6 nitrogen and oxygen atoms in total. The number of halogens is 1. The highest BCUT2D eigenvalue weighted by molar-refractivity contribution is 14.1. The van der Waals surface area contributed by atoms with Gasteiger partial charge in [0.15, 0.2) is 0 Å². The number of amides is 1. The molecule has 156 valence electrons. The summed E-state index contributed by atoms with van der Waals surface area (Å²) in [5, 5.41) is 7.76. The number of fused-ring (bicyclic) bond motifs is 1. The summed E-state index contributed by atoms with van der Waals surface area (Å²) in [5.41, 5.74) is 1.67. The molecule has 3 aromatic rings. The summed E-state index contributed by atoms with van der Waals surface area (Å²) in [6.07, 6.45) is 3.85. The van der Waals surface area contributed by atoms with Crippen molar-refractivity contribution >= 4 is 51.2 Å². The molecule has 7 heteroatoms. The lowest BCUT2D eigenvalue weighted by molar-refractivity contribution is 0.0926. The number of rotatable bonds is 5. The van der Waals surface area contributed by atoms with Gasteiger partial charge in [-0.25, -0.2) is 4.98 Å². The minimum absolute atomic E-state index is 0.0124. The summed E-state index contributed by atoms with van der Waals surface area (Å²) in [6, 6.07) is 16.3. The molecular weight excluding hydrogens is 489 g/mol. The molecule has 1 aromatic heterocycles. The Morgan fingerprint density at radius 3 is 2.47 bits per heavy atom. The highest BCUT2D eigenvalue weighted by Crippen LogP contribution is 2.26. The van der Waals surface area contributed by atoms with E-state index >= 15 is 0 Å². The zero-order valence-corrected chi connectivity index (χ0v) is 19.4. The smallest absolute Gasteiger partial charge is 0.251 e. The summed E-state index contributed by atoms with van der Waals surface area (Å²) in [7, 11) is 4.00. The quantitative estimate of drug-likeness (QED) is 0.492. The number of nitrogens with one attached hydrogen (secondary N) is 2. The number of hydrogen-bond acceptors (Lipinski definition) is 5. The molecule has 0 aliphatic heterocycles. The van der Waals surface area contributed by atoms with Crippen LogP contribution in [0.3, 0.4) is 0 Å². The van der Waals surface area contributed by atoms with Gasteiger partial charge in [-0.05, 0) is 78.6 Å². The van der Waals surface area contributed by atoms with Gasteiger partial charge in [0.05, 0.1) is 5.52 Å². The number of aromatic nitrogens is 2. The monoisotopic (exact) mass is 515 g/mol. The predicted molar refractivity (Wildman–Crippen MR) is 130 cm³/mol. The molecule has 2 N–H and O–H groups in total. The molecule has 0 spiro atoms. The maximum atomic E-state index is 12.5. The maximum absolute atomic E-state index is 12.5. The van der Waals surface area contributed by atoms with Crippen molar-refractivity contribution < 1.29 is 4.79 Å². The van der Waals surface area contributed by atoms with Gasteiger partial charge >= 0.3 is 0 Å². The lowest BCUT2D eigenvalue weighted by Gasteiger charge is -2.30. The Balaban J connectivity index is 1.37. The molecule has 2 aromatic carbocycles. The topological polar surface area (TPSA) is 70.2 Å². The van der Waals surface area contributed by atoms with Gasteiger partial charge in [-0.2, -0.15) is 4.98 Å². The van der Waals surface area contributed by atoms with Crippen LogP contribution in [0, 0.1) is 3.57 Å². The van der Waals surface area contributed by atoms with Crippen LogP contribution in [0.2, 0.25) is 0 Å². The zero-order chi connectivity index (χ0) is 21.1. The normalized spacial score (nSPS) is 18.8. The van der Waals surface area contributed by atoms with E-state index in [1.807, 2.05) is 61.5 Å². The van der Waals surface area contributed by atoms with Crippen molar-refractivity contribution in [3.63, 3.8) is 0 Å². The lowest BCUT2D eigenvalue weighted by atomic mass is 9.91. The van der Waals surface area contributed by atoms with Gasteiger partial charge in [-0.15, -0.1) is 0 Å². The SMILES string of the molecule is CN(C)c1nc(NC2CCC(NC(=O)c3cccc(I)c3)CC2)nc2ccccc12. The van der Waals surface area contributed by atoms with Crippen molar-refractivity contribution in [1.82, 2.24) is 15.3 Å². The summed E-state index contributed by atoms with van der Waals surface area (Å²) >= 11 is 2.23. The van der Waals surface area contributed by atoms with Crippen LogP contribution in [-0.4, -0.2) is 42.1 Å². The Kier molecular flexibility index (Phi) is 6.36. The van der Waals surface area contributed by atoms with Crippen molar-refractivity contribution in [2.45, 2.75) is 37.8 Å². The summed E-state index contributed by atoms with van der Waals surface area (Å²) in [6.45, 7) is 0. The lowest BCUT2D eigenvalue weighted by Crippen LogP contribution is -2.40. The van der Waals surface area contributed by atoms with Crippen molar-refractivity contribution in [3.05, 3.63) is 57.7 Å². The first-order valence-electron chi connectivity index (χ1n) is 10.3. The molecule has 0 saturated heterocycles. The molecule has 0 unspecified atom stereocenters. The Morgan fingerprint density at radius 1 is 1.00 bits per heavy atom. The van der Waals surface area contributed by atoms with E-state index in [-0.39, 0.29) is 11.9 Å². The van der Waals surface area contributed by atoms with Crippen LogP contribution in [0.15, 0.2) is 48.5 Å². The van der Waals surface area contributed by atoms with E-state index in [0.717, 1.165) is 51.5 Å². The van der Waals surface area contributed by atoms with Gasteiger partial charge in [0, 0.05) is 40.7 Å². The Hall–Kier alpha value is -2.42. The number of nitrogens with zero attached hydrogens (tertiary/aromatic N) is 3. The van der Waals surface area contributed by atoms with E-state index in [2.05, 4.69) is 39.3 Å². The number of carbonyl (C=O) groups excluding carboxylic acids is 1. The van der Waals surface area contributed by atoms with Crippen molar-refractivity contribution in [1.29, 1.82) is 0 Å². The summed E-state index contributed by atoms with van der Waals surface area (Å²) in [5.74, 6) is 1.60. The molecule has 0 bridgehead atoms. The molecule has 30 heavy (non-hydrogen) atoms. The van der Waals surface area contributed by atoms with Gasteiger partial charge in [-0.1, -0.05) is 18.2 Å². The molecule has 1 aliphatic carbocycles. The zero-order valence-electron chi connectivity index (χ0n) is 17.2. The Bertz CT molecular complexity index is 1050. The molecule has 1 amide bonds. The van der Waals surface area contributed by atoms with Crippen LogP contribution in [0.25, 0.3) is 10.9 Å². The van der Waals surface area contributed by atoms with Crippen LogP contribution < -0.4 is 15.5 Å². The van der Waals surface area contributed by atoms with E-state index in [1.54, 1.807) is 0 Å². The van der Waals surface area contributed by atoms with E-state index in [0.29, 0.717) is 12.0 Å². The number of hydrogen-bond donors (Lipinski definition) is 2. The van der Waals surface area contributed by atoms with Crippen molar-refractivity contribution in [2.75, 3.05) is 24.3 Å². The van der Waals surface area contributed by atoms with Crippen molar-refractivity contribution in [2.24, 2.45) is 0 Å². The minimum atomic E-state index is 0.0124. The Morgan fingerprint density at radius 2 is 1.73 bits per heavy atom. The van der Waals surface area contributed by atoms with Crippen molar-refractivity contribution in [3.8, 4) is 0 Å².